The van der Waals surface area contributed by atoms with E-state index in [2.05, 4.69) is 36.6 Å². The summed E-state index contributed by atoms with van der Waals surface area (Å²) in [5.41, 5.74) is -0.0463. The normalized spacial score (nSPS) is 22.1. The number of anilines is 1. The van der Waals surface area contributed by atoms with Crippen molar-refractivity contribution < 1.29 is 22.7 Å². The van der Waals surface area contributed by atoms with Gasteiger partial charge in [0.2, 0.25) is 0 Å². The van der Waals surface area contributed by atoms with Gasteiger partial charge in [-0.05, 0) is 40.3 Å². The Hall–Kier alpha value is -1.63. The first-order chi connectivity index (χ1) is 14.8. The molecular formula is C19H23BrF3N5O2S. The lowest BCUT2D eigenvalue weighted by Gasteiger charge is -2.33. The highest BCUT2D eigenvalue weighted by Gasteiger charge is 2.47. The van der Waals surface area contributed by atoms with E-state index in [-0.39, 0.29) is 22.4 Å². The molecule has 1 saturated heterocycles. The molecule has 7 nitrogen and oxygen atoms in total. The van der Waals surface area contributed by atoms with Gasteiger partial charge in [-0.2, -0.15) is 18.3 Å². The molecule has 0 unspecified atom stereocenters. The van der Waals surface area contributed by atoms with Crippen molar-refractivity contribution in [2.45, 2.75) is 31.1 Å². The third-order valence-electron chi connectivity index (χ3n) is 5.44. The number of morpholine rings is 1. The first kappa shape index (κ1) is 22.6. The van der Waals surface area contributed by atoms with Crippen molar-refractivity contribution in [3.05, 3.63) is 32.6 Å². The van der Waals surface area contributed by atoms with E-state index in [0.717, 1.165) is 35.6 Å². The summed E-state index contributed by atoms with van der Waals surface area (Å²) < 4.78 is 47.8. The second-order valence-electron chi connectivity index (χ2n) is 7.52. The van der Waals surface area contributed by atoms with Crippen LogP contribution in [-0.2, 0) is 4.74 Å². The van der Waals surface area contributed by atoms with Gasteiger partial charge in [0, 0.05) is 30.9 Å². The fourth-order valence-electron chi connectivity index (χ4n) is 3.82. The molecule has 2 aromatic rings. The van der Waals surface area contributed by atoms with Crippen LogP contribution < -0.4 is 10.6 Å². The average molecular weight is 522 g/mol. The van der Waals surface area contributed by atoms with Gasteiger partial charge in [0.05, 0.1) is 23.7 Å². The quantitative estimate of drug-likeness (QED) is 0.565. The summed E-state index contributed by atoms with van der Waals surface area (Å²) in [7, 11) is 0. The molecule has 0 saturated carbocycles. The minimum Gasteiger partial charge on any atom is -0.379 e. The van der Waals surface area contributed by atoms with Gasteiger partial charge in [-0.15, -0.1) is 11.3 Å². The molecule has 170 valence electrons. The first-order valence-electron chi connectivity index (χ1n) is 10.1. The van der Waals surface area contributed by atoms with Crippen LogP contribution in [0.1, 0.15) is 40.3 Å². The molecule has 4 rings (SSSR count). The number of thiophene rings is 1. The smallest absolute Gasteiger partial charge is 0.379 e. The molecule has 2 aliphatic heterocycles. The number of alkyl halides is 3. The Morgan fingerprint density at radius 1 is 1.39 bits per heavy atom. The van der Waals surface area contributed by atoms with Crippen molar-refractivity contribution in [3.63, 3.8) is 0 Å². The zero-order chi connectivity index (χ0) is 22.0. The van der Waals surface area contributed by atoms with Crippen LogP contribution in [0.25, 0.3) is 0 Å². The van der Waals surface area contributed by atoms with Crippen molar-refractivity contribution in [3.8, 4) is 0 Å². The number of nitrogens with zero attached hydrogens (tertiary/aromatic N) is 3. The van der Waals surface area contributed by atoms with Crippen molar-refractivity contribution in [1.29, 1.82) is 0 Å². The van der Waals surface area contributed by atoms with E-state index in [1.54, 1.807) is 12.1 Å². The van der Waals surface area contributed by atoms with E-state index >= 15 is 0 Å². The molecular weight excluding hydrogens is 499 g/mol. The number of fused-ring (bicyclic) bond motifs is 1. The zero-order valence-corrected chi connectivity index (χ0v) is 19.0. The van der Waals surface area contributed by atoms with Crippen molar-refractivity contribution in [2.75, 3.05) is 44.7 Å². The number of amides is 1. The van der Waals surface area contributed by atoms with E-state index in [4.69, 9.17) is 4.74 Å². The number of hydrogen-bond acceptors (Lipinski definition) is 6. The van der Waals surface area contributed by atoms with E-state index in [0.29, 0.717) is 19.8 Å². The van der Waals surface area contributed by atoms with Crippen molar-refractivity contribution in [2.24, 2.45) is 0 Å². The van der Waals surface area contributed by atoms with Crippen LogP contribution in [0.5, 0.6) is 0 Å². The van der Waals surface area contributed by atoms with Crippen LogP contribution in [0.3, 0.4) is 0 Å². The first-order valence-corrected chi connectivity index (χ1v) is 11.7. The average Bonchev–Trinajstić information content (AvgIpc) is 3.39. The Bertz CT molecular complexity index is 899. The zero-order valence-electron chi connectivity index (χ0n) is 16.6. The second-order valence-corrected chi connectivity index (χ2v) is 9.30. The molecule has 0 radical (unpaired) electrons. The fraction of sp³-hybridized carbons (Fsp3) is 0.579. The van der Waals surface area contributed by atoms with E-state index in [1.165, 1.54) is 11.3 Å². The summed E-state index contributed by atoms with van der Waals surface area (Å²) in [6, 6.07) is 1.30. The van der Waals surface area contributed by atoms with Gasteiger partial charge in [-0.25, -0.2) is 4.68 Å². The highest BCUT2D eigenvalue weighted by molar-refractivity contribution is 9.10. The number of aromatic nitrogens is 2. The van der Waals surface area contributed by atoms with Crippen LogP contribution >= 0.6 is 27.3 Å². The predicted octanol–water partition coefficient (Wildman–Crippen LogP) is 3.82. The molecule has 0 spiro atoms. The minimum absolute atomic E-state index is 0.0463. The Balaban J connectivity index is 1.45. The van der Waals surface area contributed by atoms with Crippen LogP contribution in [0.15, 0.2) is 22.0 Å². The third kappa shape index (κ3) is 5.07. The number of nitrogens with one attached hydrogen (secondary N) is 2. The fourth-order valence-corrected chi connectivity index (χ4v) is 5.17. The molecule has 0 aliphatic carbocycles. The highest BCUT2D eigenvalue weighted by atomic mass is 79.9. The standard InChI is InChI=1S/C19H23BrF3N5O2S/c20-15-16(18(29)24-4-2-5-27-6-8-30-9-7-27)26-28-14(19(21,22)23)11-12(25-17(15)28)13-3-1-10-31-13/h1,3,10,12,14,25H,2,4-9,11H2,(H,24,29)/t12-,14-/m1/s1. The number of hydrogen-bond donors (Lipinski definition) is 2. The van der Waals surface area contributed by atoms with Crippen LogP contribution in [-0.4, -0.2) is 66.2 Å². The highest BCUT2D eigenvalue weighted by Crippen LogP contribution is 2.46. The van der Waals surface area contributed by atoms with Gasteiger partial charge in [0.15, 0.2) is 11.7 Å². The lowest BCUT2D eigenvalue weighted by molar-refractivity contribution is -0.173. The molecule has 1 fully saturated rings. The molecule has 2 N–H and O–H groups in total. The third-order valence-corrected chi connectivity index (χ3v) is 7.17. The minimum atomic E-state index is -4.48. The van der Waals surface area contributed by atoms with Crippen molar-refractivity contribution >= 4 is 39.0 Å². The SMILES string of the molecule is O=C(NCCCN1CCOCC1)c1nn2c(c1Br)N[C@@H](c1cccs1)C[C@@H]2C(F)(F)F. The van der Waals surface area contributed by atoms with E-state index in [9.17, 15) is 18.0 Å². The number of rotatable bonds is 6. The molecule has 1 amide bonds. The maximum absolute atomic E-state index is 13.8. The van der Waals surface area contributed by atoms with Gasteiger partial charge in [0.25, 0.3) is 5.91 Å². The van der Waals surface area contributed by atoms with Gasteiger partial charge >= 0.3 is 6.18 Å². The summed E-state index contributed by atoms with van der Waals surface area (Å²) in [6.07, 6.45) is -3.93. The molecule has 0 aromatic carbocycles. The molecule has 12 heteroatoms. The summed E-state index contributed by atoms with van der Waals surface area (Å²) in [4.78, 5) is 15.7. The lowest BCUT2D eigenvalue weighted by Crippen LogP contribution is -2.38. The summed E-state index contributed by atoms with van der Waals surface area (Å²) in [6.45, 7) is 4.38. The number of halogens is 4. The molecule has 2 atom stereocenters. The van der Waals surface area contributed by atoms with Gasteiger partial charge in [-0.1, -0.05) is 6.07 Å². The molecule has 2 aliphatic rings. The molecule has 4 heterocycles. The Labute approximate surface area is 190 Å². The van der Waals surface area contributed by atoms with Crippen molar-refractivity contribution in [1.82, 2.24) is 20.0 Å². The second kappa shape index (κ2) is 9.47. The van der Waals surface area contributed by atoms with Gasteiger partial charge in [-0.3, -0.25) is 9.69 Å². The van der Waals surface area contributed by atoms with E-state index < -0.39 is 24.2 Å². The number of ether oxygens (including phenoxy) is 1. The molecule has 2 aromatic heterocycles. The molecule has 31 heavy (non-hydrogen) atoms. The Morgan fingerprint density at radius 2 is 2.16 bits per heavy atom. The Kier molecular flexibility index (Phi) is 6.89. The van der Waals surface area contributed by atoms with Crippen LogP contribution in [0, 0.1) is 0 Å². The summed E-state index contributed by atoms with van der Waals surface area (Å²) >= 11 is 4.70. The van der Waals surface area contributed by atoms with Crippen LogP contribution in [0.2, 0.25) is 0 Å². The lowest BCUT2D eigenvalue weighted by atomic mass is 10.0. The van der Waals surface area contributed by atoms with E-state index in [1.807, 2.05) is 5.38 Å². The Morgan fingerprint density at radius 3 is 2.84 bits per heavy atom. The topological polar surface area (TPSA) is 71.4 Å². The maximum Gasteiger partial charge on any atom is 0.410 e. The maximum atomic E-state index is 13.8. The number of carbonyl (C=O) groups is 1. The number of carbonyl (C=O) groups excluding carboxylic acids is 1. The van der Waals surface area contributed by atoms with Gasteiger partial charge < -0.3 is 15.4 Å². The summed E-state index contributed by atoms with van der Waals surface area (Å²) in [5.74, 6) is -0.323. The monoisotopic (exact) mass is 521 g/mol. The van der Waals surface area contributed by atoms with Gasteiger partial charge in [0.1, 0.15) is 5.82 Å². The molecule has 0 bridgehead atoms. The van der Waals surface area contributed by atoms with Crippen LogP contribution in [0.4, 0.5) is 19.0 Å². The predicted molar refractivity (Wildman–Crippen MR) is 115 cm³/mol. The summed E-state index contributed by atoms with van der Waals surface area (Å²) in [5, 5.41) is 11.8. The largest absolute Gasteiger partial charge is 0.410 e.